The normalized spacial score (nSPS) is 20.5. The van der Waals surface area contributed by atoms with Crippen LogP contribution in [-0.4, -0.2) is 29.8 Å². The van der Waals surface area contributed by atoms with E-state index in [0.29, 0.717) is 18.2 Å². The van der Waals surface area contributed by atoms with E-state index in [-0.39, 0.29) is 5.91 Å². The second-order valence-electron chi connectivity index (χ2n) is 4.88. The van der Waals surface area contributed by atoms with Gasteiger partial charge in [0, 0.05) is 31.3 Å². The molecule has 1 atom stereocenters. The van der Waals surface area contributed by atoms with Gasteiger partial charge < -0.3 is 4.90 Å². The number of amides is 1. The highest BCUT2D eigenvalue weighted by Crippen LogP contribution is 2.26. The minimum Gasteiger partial charge on any atom is -0.342 e. The molecular weight excluding hydrogens is 246 g/mol. The summed E-state index contributed by atoms with van der Waals surface area (Å²) in [5, 5.41) is 0. The van der Waals surface area contributed by atoms with Crippen LogP contribution >= 0.6 is 11.6 Å². The van der Waals surface area contributed by atoms with Crippen LogP contribution < -0.4 is 0 Å². The highest BCUT2D eigenvalue weighted by atomic mass is 35.5. The average Bonchev–Trinajstić information content (AvgIpc) is 2.66. The Kier molecular flexibility index (Phi) is 5.06. The molecule has 1 amide bonds. The van der Waals surface area contributed by atoms with Crippen molar-refractivity contribution in [3.8, 4) is 0 Å². The van der Waals surface area contributed by atoms with Gasteiger partial charge in [-0.05, 0) is 18.4 Å². The van der Waals surface area contributed by atoms with Gasteiger partial charge in [0.1, 0.15) is 0 Å². The van der Waals surface area contributed by atoms with E-state index in [1.54, 1.807) is 0 Å². The fourth-order valence-electron chi connectivity index (χ4n) is 2.60. The Morgan fingerprint density at radius 2 is 2.06 bits per heavy atom. The lowest BCUT2D eigenvalue weighted by molar-refractivity contribution is -0.130. The zero-order chi connectivity index (χ0) is 12.8. The number of rotatable bonds is 3. The maximum atomic E-state index is 12.0. The number of benzene rings is 1. The number of nitrogens with zero attached hydrogens (tertiary/aromatic N) is 1. The highest BCUT2D eigenvalue weighted by molar-refractivity contribution is 6.18. The van der Waals surface area contributed by atoms with Crippen molar-refractivity contribution in [2.45, 2.75) is 31.6 Å². The van der Waals surface area contributed by atoms with Gasteiger partial charge in [-0.2, -0.15) is 0 Å². The van der Waals surface area contributed by atoms with Gasteiger partial charge in [-0.3, -0.25) is 4.79 Å². The highest BCUT2D eigenvalue weighted by Gasteiger charge is 2.22. The molecule has 1 aliphatic rings. The van der Waals surface area contributed by atoms with Gasteiger partial charge in [0.2, 0.25) is 5.91 Å². The molecular formula is C15H20ClNO. The molecule has 1 aliphatic heterocycles. The summed E-state index contributed by atoms with van der Waals surface area (Å²) in [6.45, 7) is 1.73. The molecule has 2 nitrogen and oxygen atoms in total. The van der Waals surface area contributed by atoms with Crippen LogP contribution in [0.4, 0.5) is 0 Å². The summed E-state index contributed by atoms with van der Waals surface area (Å²) in [6.07, 6.45) is 3.94. The Labute approximate surface area is 114 Å². The average molecular weight is 266 g/mol. The molecule has 0 aliphatic carbocycles. The molecule has 1 heterocycles. The summed E-state index contributed by atoms with van der Waals surface area (Å²) >= 11 is 5.66. The lowest BCUT2D eigenvalue weighted by atomic mass is 9.94. The fourth-order valence-corrected chi connectivity index (χ4v) is 2.77. The van der Waals surface area contributed by atoms with Crippen LogP contribution in [0.1, 0.15) is 37.2 Å². The van der Waals surface area contributed by atoms with Gasteiger partial charge in [-0.25, -0.2) is 0 Å². The molecule has 0 spiro atoms. The summed E-state index contributed by atoms with van der Waals surface area (Å²) < 4.78 is 0. The molecule has 0 aromatic heterocycles. The van der Waals surface area contributed by atoms with Crippen molar-refractivity contribution >= 4 is 17.5 Å². The first-order valence-corrected chi connectivity index (χ1v) is 7.23. The topological polar surface area (TPSA) is 20.3 Å². The Hall–Kier alpha value is -1.02. The third-order valence-electron chi connectivity index (χ3n) is 3.60. The van der Waals surface area contributed by atoms with Crippen molar-refractivity contribution in [1.29, 1.82) is 0 Å². The monoisotopic (exact) mass is 265 g/mol. The molecule has 18 heavy (non-hydrogen) atoms. The number of hydrogen-bond donors (Lipinski definition) is 0. The van der Waals surface area contributed by atoms with E-state index < -0.39 is 0 Å². The predicted molar refractivity (Wildman–Crippen MR) is 75.0 cm³/mol. The molecule has 0 bridgehead atoms. The number of hydrogen-bond acceptors (Lipinski definition) is 1. The first-order chi connectivity index (χ1) is 8.81. The van der Waals surface area contributed by atoms with Crippen LogP contribution in [0.2, 0.25) is 0 Å². The first-order valence-electron chi connectivity index (χ1n) is 6.70. The Morgan fingerprint density at radius 1 is 1.28 bits per heavy atom. The van der Waals surface area contributed by atoms with Gasteiger partial charge in [0.25, 0.3) is 0 Å². The van der Waals surface area contributed by atoms with E-state index in [9.17, 15) is 4.79 Å². The molecule has 0 N–H and O–H groups in total. The first kappa shape index (κ1) is 13.4. The second kappa shape index (κ2) is 6.79. The van der Waals surface area contributed by atoms with Gasteiger partial charge in [-0.15, -0.1) is 11.6 Å². The number of carbonyl (C=O) groups is 1. The number of halogens is 1. The summed E-state index contributed by atoms with van der Waals surface area (Å²) in [6, 6.07) is 10.5. The molecule has 1 saturated heterocycles. The summed E-state index contributed by atoms with van der Waals surface area (Å²) in [5.41, 5.74) is 1.35. The molecule has 98 valence electrons. The maximum absolute atomic E-state index is 12.0. The van der Waals surface area contributed by atoms with Crippen LogP contribution in [0.5, 0.6) is 0 Å². The SMILES string of the molecule is O=C(CCCl)N1CCCCC(c2ccccc2)C1. The largest absolute Gasteiger partial charge is 0.342 e. The van der Waals surface area contributed by atoms with Crippen molar-refractivity contribution in [3.05, 3.63) is 35.9 Å². The smallest absolute Gasteiger partial charge is 0.223 e. The molecule has 0 radical (unpaired) electrons. The minimum atomic E-state index is 0.202. The summed E-state index contributed by atoms with van der Waals surface area (Å²) in [5.74, 6) is 1.10. The lowest BCUT2D eigenvalue weighted by Gasteiger charge is -2.24. The van der Waals surface area contributed by atoms with Crippen LogP contribution in [-0.2, 0) is 4.79 Å². The summed E-state index contributed by atoms with van der Waals surface area (Å²) in [7, 11) is 0. The van der Waals surface area contributed by atoms with E-state index in [1.165, 1.54) is 18.4 Å². The Balaban J connectivity index is 2.06. The fraction of sp³-hybridized carbons (Fsp3) is 0.533. The van der Waals surface area contributed by atoms with Crippen molar-refractivity contribution < 1.29 is 4.79 Å². The Bertz CT molecular complexity index is 379. The van der Waals surface area contributed by atoms with Crippen molar-refractivity contribution in [2.24, 2.45) is 0 Å². The predicted octanol–water partition coefficient (Wildman–Crippen LogP) is 3.41. The van der Waals surface area contributed by atoms with E-state index in [4.69, 9.17) is 11.6 Å². The van der Waals surface area contributed by atoms with Gasteiger partial charge >= 0.3 is 0 Å². The van der Waals surface area contributed by atoms with E-state index in [2.05, 4.69) is 24.3 Å². The summed E-state index contributed by atoms with van der Waals surface area (Å²) in [4.78, 5) is 14.0. The maximum Gasteiger partial charge on any atom is 0.223 e. The zero-order valence-electron chi connectivity index (χ0n) is 10.6. The van der Waals surface area contributed by atoms with Crippen LogP contribution in [0, 0.1) is 0 Å². The number of likely N-dealkylation sites (tertiary alicyclic amines) is 1. The van der Waals surface area contributed by atoms with Crippen LogP contribution in [0.25, 0.3) is 0 Å². The third kappa shape index (κ3) is 3.49. The van der Waals surface area contributed by atoms with Gasteiger partial charge in [-0.1, -0.05) is 36.8 Å². The van der Waals surface area contributed by atoms with E-state index in [0.717, 1.165) is 19.5 Å². The van der Waals surface area contributed by atoms with Crippen molar-refractivity contribution in [3.63, 3.8) is 0 Å². The number of alkyl halides is 1. The second-order valence-corrected chi connectivity index (χ2v) is 5.26. The van der Waals surface area contributed by atoms with Gasteiger partial charge in [0.15, 0.2) is 0 Å². The minimum absolute atomic E-state index is 0.202. The molecule has 1 fully saturated rings. The molecule has 0 saturated carbocycles. The molecule has 1 aromatic carbocycles. The quantitative estimate of drug-likeness (QED) is 0.767. The van der Waals surface area contributed by atoms with Crippen LogP contribution in [0.3, 0.4) is 0 Å². The lowest BCUT2D eigenvalue weighted by Crippen LogP contribution is -2.34. The van der Waals surface area contributed by atoms with Crippen molar-refractivity contribution in [2.75, 3.05) is 19.0 Å². The molecule has 3 heteroatoms. The molecule has 1 unspecified atom stereocenters. The van der Waals surface area contributed by atoms with Crippen molar-refractivity contribution in [1.82, 2.24) is 4.90 Å². The standard InChI is InChI=1S/C15H20ClNO/c16-10-9-15(18)17-11-5-4-8-14(12-17)13-6-2-1-3-7-13/h1-3,6-7,14H,4-5,8-12H2. The van der Waals surface area contributed by atoms with Gasteiger partial charge in [0.05, 0.1) is 0 Å². The molecule has 1 aromatic rings. The third-order valence-corrected chi connectivity index (χ3v) is 3.79. The van der Waals surface area contributed by atoms with E-state index in [1.807, 2.05) is 11.0 Å². The van der Waals surface area contributed by atoms with E-state index >= 15 is 0 Å². The zero-order valence-corrected chi connectivity index (χ0v) is 11.4. The van der Waals surface area contributed by atoms with Crippen LogP contribution in [0.15, 0.2) is 30.3 Å². The Morgan fingerprint density at radius 3 is 2.78 bits per heavy atom. The number of carbonyl (C=O) groups excluding carboxylic acids is 1. The molecule has 2 rings (SSSR count).